The van der Waals surface area contributed by atoms with E-state index in [0.29, 0.717) is 12.5 Å². The van der Waals surface area contributed by atoms with Crippen LogP contribution in [0.5, 0.6) is 0 Å². The minimum Gasteiger partial charge on any atom is -0.381 e. The molecule has 1 aromatic carbocycles. The summed E-state index contributed by atoms with van der Waals surface area (Å²) in [5.74, 6) is 1.64. The van der Waals surface area contributed by atoms with E-state index in [4.69, 9.17) is 9.73 Å². The van der Waals surface area contributed by atoms with Crippen molar-refractivity contribution in [3.63, 3.8) is 0 Å². The summed E-state index contributed by atoms with van der Waals surface area (Å²) in [4.78, 5) is 9.65. The van der Waals surface area contributed by atoms with Gasteiger partial charge in [0, 0.05) is 50.9 Å². The number of guanidine groups is 1. The molecular formula is C21H33IN4O. The van der Waals surface area contributed by atoms with Gasteiger partial charge in [-0.25, -0.2) is 4.99 Å². The predicted molar refractivity (Wildman–Crippen MR) is 124 cm³/mol. The Balaban J connectivity index is 0.00000261. The lowest BCUT2D eigenvalue weighted by atomic mass is 10.1. The lowest BCUT2D eigenvalue weighted by Gasteiger charge is -2.22. The molecule has 0 bridgehead atoms. The quantitative estimate of drug-likeness (QED) is 0.279. The Morgan fingerprint density at radius 2 is 2.07 bits per heavy atom. The van der Waals surface area contributed by atoms with Crippen molar-refractivity contribution < 1.29 is 4.74 Å². The van der Waals surface area contributed by atoms with E-state index in [-0.39, 0.29) is 24.0 Å². The Morgan fingerprint density at radius 1 is 1.26 bits per heavy atom. The van der Waals surface area contributed by atoms with Crippen molar-refractivity contribution in [2.75, 3.05) is 50.8 Å². The summed E-state index contributed by atoms with van der Waals surface area (Å²) in [6.45, 7) is 11.6. The van der Waals surface area contributed by atoms with E-state index in [1.807, 2.05) is 0 Å². The highest BCUT2D eigenvalue weighted by Crippen LogP contribution is 2.20. The molecule has 1 fully saturated rings. The molecule has 0 radical (unpaired) electrons. The van der Waals surface area contributed by atoms with Crippen LogP contribution < -0.4 is 10.2 Å². The molecule has 0 amide bonds. The van der Waals surface area contributed by atoms with Gasteiger partial charge in [-0.15, -0.1) is 24.0 Å². The number of halogens is 1. The van der Waals surface area contributed by atoms with E-state index in [9.17, 15) is 0 Å². The molecule has 1 saturated heterocycles. The minimum atomic E-state index is 0. The van der Waals surface area contributed by atoms with Gasteiger partial charge in [-0.3, -0.25) is 0 Å². The highest BCUT2D eigenvalue weighted by atomic mass is 127. The number of nitrogens with zero attached hydrogens (tertiary/aromatic N) is 3. The number of hydrogen-bond acceptors (Lipinski definition) is 3. The molecule has 150 valence electrons. The summed E-state index contributed by atoms with van der Waals surface area (Å²) in [6.07, 6.45) is 5.63. The first kappa shape index (κ1) is 22.0. The van der Waals surface area contributed by atoms with Crippen molar-refractivity contribution >= 4 is 35.6 Å². The number of ether oxygens (including phenoxy) is 1. The van der Waals surface area contributed by atoms with Crippen LogP contribution in [0.1, 0.15) is 25.8 Å². The molecule has 2 aliphatic heterocycles. The number of likely N-dealkylation sites (tertiary alicyclic amines) is 1. The summed E-state index contributed by atoms with van der Waals surface area (Å²) < 4.78 is 5.60. The molecule has 1 unspecified atom stereocenters. The molecule has 2 heterocycles. The van der Waals surface area contributed by atoms with Crippen molar-refractivity contribution in [1.29, 1.82) is 0 Å². The van der Waals surface area contributed by atoms with E-state index in [2.05, 4.69) is 65.4 Å². The number of nitrogens with one attached hydrogen (secondary N) is 1. The molecule has 0 saturated carbocycles. The SMILES string of the molecule is CCNC(=NCc1cccc(N2CC=CC2)c1)N1CCC(COCC)C1.I. The fraction of sp³-hybridized carbons (Fsp3) is 0.571. The topological polar surface area (TPSA) is 40.1 Å². The van der Waals surface area contributed by atoms with Gasteiger partial charge < -0.3 is 19.9 Å². The van der Waals surface area contributed by atoms with Crippen molar-refractivity contribution in [2.45, 2.75) is 26.8 Å². The third-order valence-electron chi connectivity index (χ3n) is 4.98. The molecule has 27 heavy (non-hydrogen) atoms. The minimum absolute atomic E-state index is 0. The van der Waals surface area contributed by atoms with Gasteiger partial charge >= 0.3 is 0 Å². The first-order chi connectivity index (χ1) is 12.8. The second kappa shape index (κ2) is 11.5. The lowest BCUT2D eigenvalue weighted by molar-refractivity contribution is 0.114. The van der Waals surface area contributed by atoms with Crippen LogP contribution in [-0.4, -0.2) is 56.8 Å². The van der Waals surface area contributed by atoms with Crippen LogP contribution in [0.4, 0.5) is 5.69 Å². The van der Waals surface area contributed by atoms with Gasteiger partial charge in [0.1, 0.15) is 0 Å². The van der Waals surface area contributed by atoms with E-state index in [0.717, 1.165) is 51.9 Å². The summed E-state index contributed by atoms with van der Waals surface area (Å²) in [7, 11) is 0. The molecule has 2 aliphatic rings. The normalized spacial score (nSPS) is 19.5. The van der Waals surface area contributed by atoms with Gasteiger partial charge in [-0.05, 0) is 38.0 Å². The van der Waals surface area contributed by atoms with Gasteiger partial charge in [-0.1, -0.05) is 24.3 Å². The molecule has 1 N–H and O–H groups in total. The second-order valence-corrected chi connectivity index (χ2v) is 6.98. The molecule has 5 nitrogen and oxygen atoms in total. The molecule has 6 heteroatoms. The lowest BCUT2D eigenvalue weighted by Crippen LogP contribution is -2.40. The van der Waals surface area contributed by atoms with Gasteiger partial charge in [0.15, 0.2) is 5.96 Å². The zero-order valence-electron chi connectivity index (χ0n) is 16.6. The Kier molecular flexibility index (Phi) is 9.41. The first-order valence-corrected chi connectivity index (χ1v) is 9.90. The standard InChI is InChI=1S/C21H32N4O.HI/c1-3-22-21(25-13-10-19(16-25)17-26-4-2)23-15-18-8-7-9-20(14-18)24-11-5-6-12-24;/h5-9,14,19H,3-4,10-13,15-17H2,1-2H3,(H,22,23);1H. The van der Waals surface area contributed by atoms with E-state index < -0.39 is 0 Å². The summed E-state index contributed by atoms with van der Waals surface area (Å²) >= 11 is 0. The second-order valence-electron chi connectivity index (χ2n) is 6.98. The molecule has 0 aromatic heterocycles. The average molecular weight is 484 g/mol. The number of aliphatic imine (C=N–C) groups is 1. The van der Waals surface area contributed by atoms with Crippen LogP contribution in [0.2, 0.25) is 0 Å². The number of hydrogen-bond donors (Lipinski definition) is 1. The van der Waals surface area contributed by atoms with Crippen LogP contribution in [-0.2, 0) is 11.3 Å². The zero-order valence-corrected chi connectivity index (χ0v) is 18.9. The molecule has 0 spiro atoms. The fourth-order valence-corrected chi connectivity index (χ4v) is 3.58. The van der Waals surface area contributed by atoms with E-state index in [1.54, 1.807) is 0 Å². The molecule has 1 atom stereocenters. The van der Waals surface area contributed by atoms with Crippen LogP contribution in [0.25, 0.3) is 0 Å². The predicted octanol–water partition coefficient (Wildman–Crippen LogP) is 3.50. The van der Waals surface area contributed by atoms with Gasteiger partial charge in [0.2, 0.25) is 0 Å². The number of anilines is 1. The molecule has 0 aliphatic carbocycles. The molecule has 1 aromatic rings. The van der Waals surface area contributed by atoms with Crippen LogP contribution in [0, 0.1) is 5.92 Å². The maximum absolute atomic E-state index is 5.60. The van der Waals surface area contributed by atoms with Gasteiger partial charge in [0.05, 0.1) is 13.2 Å². The third-order valence-corrected chi connectivity index (χ3v) is 4.98. The van der Waals surface area contributed by atoms with E-state index >= 15 is 0 Å². The third kappa shape index (κ3) is 6.38. The van der Waals surface area contributed by atoms with E-state index in [1.165, 1.54) is 17.7 Å². The monoisotopic (exact) mass is 484 g/mol. The summed E-state index contributed by atoms with van der Waals surface area (Å²) in [6, 6.07) is 8.76. The van der Waals surface area contributed by atoms with Crippen molar-refractivity contribution in [2.24, 2.45) is 10.9 Å². The van der Waals surface area contributed by atoms with Crippen molar-refractivity contribution in [3.05, 3.63) is 42.0 Å². The first-order valence-electron chi connectivity index (χ1n) is 9.90. The largest absolute Gasteiger partial charge is 0.381 e. The van der Waals surface area contributed by atoms with Crippen LogP contribution in [0.15, 0.2) is 41.4 Å². The number of benzene rings is 1. The maximum atomic E-state index is 5.60. The Hall–Kier alpha value is -1.28. The van der Waals surface area contributed by atoms with Gasteiger partial charge in [-0.2, -0.15) is 0 Å². The van der Waals surface area contributed by atoms with Crippen LogP contribution in [0.3, 0.4) is 0 Å². The smallest absolute Gasteiger partial charge is 0.194 e. The summed E-state index contributed by atoms with van der Waals surface area (Å²) in [5.41, 5.74) is 2.54. The summed E-state index contributed by atoms with van der Waals surface area (Å²) in [5, 5.41) is 3.46. The van der Waals surface area contributed by atoms with Gasteiger partial charge in [0.25, 0.3) is 0 Å². The Labute approximate surface area is 180 Å². The average Bonchev–Trinajstić information content (AvgIpc) is 3.35. The maximum Gasteiger partial charge on any atom is 0.194 e. The zero-order chi connectivity index (χ0) is 18.2. The highest BCUT2D eigenvalue weighted by molar-refractivity contribution is 14.0. The molecule has 3 rings (SSSR count). The number of rotatable bonds is 7. The Morgan fingerprint density at radius 3 is 2.81 bits per heavy atom. The molecular weight excluding hydrogens is 451 g/mol. The fourth-order valence-electron chi connectivity index (χ4n) is 3.58. The Bertz CT molecular complexity index is 626. The van der Waals surface area contributed by atoms with Crippen LogP contribution >= 0.6 is 24.0 Å². The highest BCUT2D eigenvalue weighted by Gasteiger charge is 2.24. The van der Waals surface area contributed by atoms with Crippen molar-refractivity contribution in [1.82, 2.24) is 10.2 Å². The van der Waals surface area contributed by atoms with Crippen molar-refractivity contribution in [3.8, 4) is 0 Å².